The van der Waals surface area contributed by atoms with Gasteiger partial charge in [0.25, 0.3) is 0 Å². The standard InChI is InChI=1S/C19H24O4/c1-22-10-12-5-4-11-9-13-3-2-7-18-15(11)16(12)23-17(18)14(20)6-8-19(13,18)21/h4-5,13-14,17,20-21H,2-3,6-10H2,1H3/t13-,14-,17+,18+,19-/m1/s1. The van der Waals surface area contributed by atoms with E-state index in [0.717, 1.165) is 37.0 Å². The van der Waals surface area contributed by atoms with Gasteiger partial charge in [-0.1, -0.05) is 18.6 Å². The molecule has 23 heavy (non-hydrogen) atoms. The van der Waals surface area contributed by atoms with Gasteiger partial charge in [0.05, 0.1) is 23.7 Å². The summed E-state index contributed by atoms with van der Waals surface area (Å²) in [6.45, 7) is 0.503. The minimum absolute atomic E-state index is 0.293. The van der Waals surface area contributed by atoms with E-state index in [1.807, 2.05) is 0 Å². The van der Waals surface area contributed by atoms with Crippen LogP contribution in [0.5, 0.6) is 5.75 Å². The minimum Gasteiger partial charge on any atom is -0.486 e. The zero-order valence-corrected chi connectivity index (χ0v) is 13.5. The van der Waals surface area contributed by atoms with Gasteiger partial charge in [0, 0.05) is 18.2 Å². The van der Waals surface area contributed by atoms with E-state index in [1.54, 1.807) is 7.11 Å². The number of aliphatic hydroxyl groups is 2. The van der Waals surface area contributed by atoms with Crippen LogP contribution in [0, 0.1) is 5.92 Å². The van der Waals surface area contributed by atoms with Crippen LogP contribution in [0.15, 0.2) is 12.1 Å². The molecule has 4 aliphatic rings. The monoisotopic (exact) mass is 316 g/mol. The van der Waals surface area contributed by atoms with Crippen molar-refractivity contribution >= 4 is 0 Å². The van der Waals surface area contributed by atoms with Crippen LogP contribution in [0.4, 0.5) is 0 Å². The SMILES string of the molecule is COCc1ccc2c3c1O[C@H]1[C@H](O)CC[C@@]4(O)[C@H](CCC[C@]314)C2. The van der Waals surface area contributed by atoms with Gasteiger partial charge in [-0.3, -0.25) is 0 Å². The third kappa shape index (κ3) is 1.49. The van der Waals surface area contributed by atoms with Gasteiger partial charge in [-0.25, -0.2) is 0 Å². The summed E-state index contributed by atoms with van der Waals surface area (Å²) in [4.78, 5) is 0. The summed E-state index contributed by atoms with van der Waals surface area (Å²) < 4.78 is 11.7. The topological polar surface area (TPSA) is 58.9 Å². The first kappa shape index (κ1) is 14.3. The van der Waals surface area contributed by atoms with E-state index in [1.165, 1.54) is 11.1 Å². The average molecular weight is 316 g/mol. The van der Waals surface area contributed by atoms with Crippen molar-refractivity contribution in [1.82, 2.24) is 0 Å². The van der Waals surface area contributed by atoms with E-state index in [4.69, 9.17) is 9.47 Å². The molecule has 2 fully saturated rings. The predicted molar refractivity (Wildman–Crippen MR) is 84.5 cm³/mol. The Kier molecular flexibility index (Phi) is 2.79. The van der Waals surface area contributed by atoms with Crippen LogP contribution in [0.2, 0.25) is 0 Å². The number of benzene rings is 1. The van der Waals surface area contributed by atoms with Gasteiger partial charge >= 0.3 is 0 Å². The van der Waals surface area contributed by atoms with E-state index in [2.05, 4.69) is 12.1 Å². The van der Waals surface area contributed by atoms with Crippen LogP contribution < -0.4 is 4.74 Å². The zero-order valence-electron chi connectivity index (χ0n) is 13.5. The first-order valence-corrected chi connectivity index (χ1v) is 8.83. The highest BCUT2D eigenvalue weighted by Crippen LogP contribution is 2.66. The molecule has 2 bridgehead atoms. The fraction of sp³-hybridized carbons (Fsp3) is 0.684. The molecule has 1 heterocycles. The van der Waals surface area contributed by atoms with Gasteiger partial charge in [-0.15, -0.1) is 0 Å². The van der Waals surface area contributed by atoms with Crippen LogP contribution in [0.25, 0.3) is 0 Å². The van der Waals surface area contributed by atoms with E-state index in [0.29, 0.717) is 25.4 Å². The van der Waals surface area contributed by atoms with Crippen LogP contribution in [0.1, 0.15) is 48.8 Å². The molecule has 0 radical (unpaired) electrons. The van der Waals surface area contributed by atoms with Crippen molar-refractivity contribution in [3.8, 4) is 5.75 Å². The molecule has 5 rings (SSSR count). The molecule has 1 aromatic carbocycles. The molecule has 4 heteroatoms. The maximum absolute atomic E-state index is 11.7. The summed E-state index contributed by atoms with van der Waals surface area (Å²) in [6, 6.07) is 4.29. The van der Waals surface area contributed by atoms with Gasteiger partial charge < -0.3 is 19.7 Å². The van der Waals surface area contributed by atoms with E-state index < -0.39 is 17.1 Å². The highest BCUT2D eigenvalue weighted by Gasteiger charge is 2.71. The zero-order chi connectivity index (χ0) is 15.8. The van der Waals surface area contributed by atoms with Crippen molar-refractivity contribution < 1.29 is 19.7 Å². The number of methoxy groups -OCH3 is 1. The Labute approximate surface area is 136 Å². The molecule has 2 saturated carbocycles. The fourth-order valence-corrected chi connectivity index (χ4v) is 6.17. The lowest BCUT2D eigenvalue weighted by Gasteiger charge is -2.61. The Morgan fingerprint density at radius 3 is 3.00 bits per heavy atom. The van der Waals surface area contributed by atoms with Crippen molar-refractivity contribution in [2.75, 3.05) is 7.11 Å². The lowest BCUT2D eigenvalue weighted by molar-refractivity contribution is -0.195. The van der Waals surface area contributed by atoms with Gasteiger partial charge in [0.15, 0.2) is 0 Å². The molecule has 2 N–H and O–H groups in total. The second-order valence-corrected chi connectivity index (χ2v) is 7.85. The maximum Gasteiger partial charge on any atom is 0.137 e. The van der Waals surface area contributed by atoms with Crippen LogP contribution >= 0.6 is 0 Å². The largest absolute Gasteiger partial charge is 0.486 e. The molecule has 0 amide bonds. The van der Waals surface area contributed by atoms with Crippen molar-refractivity contribution in [1.29, 1.82) is 0 Å². The van der Waals surface area contributed by atoms with Crippen molar-refractivity contribution in [3.05, 3.63) is 28.8 Å². The lowest BCUT2D eigenvalue weighted by Crippen LogP contribution is -2.70. The third-order valence-corrected chi connectivity index (χ3v) is 7.01. The molecule has 0 unspecified atom stereocenters. The number of aliphatic hydroxyl groups excluding tert-OH is 1. The molecule has 1 spiro atoms. The Bertz CT molecular complexity index is 672. The molecule has 4 nitrogen and oxygen atoms in total. The van der Waals surface area contributed by atoms with Gasteiger partial charge in [0.2, 0.25) is 0 Å². The number of rotatable bonds is 2. The quantitative estimate of drug-likeness (QED) is 0.877. The van der Waals surface area contributed by atoms with Crippen molar-refractivity contribution in [2.45, 2.75) is 68.4 Å². The van der Waals surface area contributed by atoms with Crippen molar-refractivity contribution in [2.24, 2.45) is 5.92 Å². The van der Waals surface area contributed by atoms with Crippen LogP contribution in [-0.4, -0.2) is 35.1 Å². The van der Waals surface area contributed by atoms with Crippen molar-refractivity contribution in [3.63, 3.8) is 0 Å². The fourth-order valence-electron chi connectivity index (χ4n) is 6.17. The molecule has 124 valence electrons. The summed E-state index contributed by atoms with van der Waals surface area (Å²) in [6.07, 6.45) is 4.54. The first-order chi connectivity index (χ1) is 11.1. The van der Waals surface area contributed by atoms with E-state index in [-0.39, 0.29) is 6.10 Å². The molecule has 5 atom stereocenters. The highest BCUT2D eigenvalue weighted by molar-refractivity contribution is 5.59. The Balaban J connectivity index is 1.80. The average Bonchev–Trinajstić information content (AvgIpc) is 2.87. The molecule has 3 aliphatic carbocycles. The number of hydrogen-bond acceptors (Lipinski definition) is 4. The second kappa shape index (κ2) is 4.50. The normalized spacial score (nSPS) is 43.0. The Hall–Kier alpha value is -1.10. The summed E-state index contributed by atoms with van der Waals surface area (Å²) in [5, 5.41) is 22.4. The molecule has 0 aromatic heterocycles. The first-order valence-electron chi connectivity index (χ1n) is 8.83. The molecular formula is C19H24O4. The summed E-state index contributed by atoms with van der Waals surface area (Å²) in [7, 11) is 1.69. The molecule has 0 saturated heterocycles. The molecular weight excluding hydrogens is 292 g/mol. The van der Waals surface area contributed by atoms with Gasteiger partial charge in [-0.05, 0) is 43.6 Å². The number of ether oxygens (including phenoxy) is 2. The van der Waals surface area contributed by atoms with Gasteiger partial charge in [0.1, 0.15) is 11.9 Å². The highest BCUT2D eigenvalue weighted by atomic mass is 16.5. The summed E-state index contributed by atoms with van der Waals surface area (Å²) in [5.41, 5.74) is 2.40. The Morgan fingerprint density at radius 1 is 1.30 bits per heavy atom. The minimum atomic E-state index is -0.723. The Morgan fingerprint density at radius 2 is 2.17 bits per heavy atom. The smallest absolute Gasteiger partial charge is 0.137 e. The van der Waals surface area contributed by atoms with Crippen LogP contribution in [-0.2, 0) is 23.2 Å². The summed E-state index contributed by atoms with van der Waals surface area (Å²) in [5.74, 6) is 1.18. The second-order valence-electron chi connectivity index (χ2n) is 7.85. The maximum atomic E-state index is 11.7. The lowest BCUT2D eigenvalue weighted by atomic mass is 9.45. The molecule has 1 aliphatic heterocycles. The third-order valence-electron chi connectivity index (χ3n) is 7.01. The van der Waals surface area contributed by atoms with E-state index in [9.17, 15) is 10.2 Å². The number of hydrogen-bond donors (Lipinski definition) is 2. The van der Waals surface area contributed by atoms with Gasteiger partial charge in [-0.2, -0.15) is 0 Å². The summed E-state index contributed by atoms with van der Waals surface area (Å²) >= 11 is 0. The molecule has 1 aromatic rings. The van der Waals surface area contributed by atoms with Crippen LogP contribution in [0.3, 0.4) is 0 Å². The van der Waals surface area contributed by atoms with E-state index >= 15 is 0 Å². The predicted octanol–water partition coefficient (Wildman–Crippen LogP) is 2.07.